The number of hydrogen-bond donors (Lipinski definition) is 1. The van der Waals surface area contributed by atoms with E-state index >= 15 is 0 Å². The molecule has 0 aromatic heterocycles. The van der Waals surface area contributed by atoms with E-state index in [-0.39, 0.29) is 24.3 Å². The molecule has 2 aromatic carbocycles. The van der Waals surface area contributed by atoms with Gasteiger partial charge in [-0.1, -0.05) is 49.4 Å². The Morgan fingerprint density at radius 2 is 1.56 bits per heavy atom. The van der Waals surface area contributed by atoms with Gasteiger partial charge in [0.15, 0.2) is 0 Å². The maximum absolute atomic E-state index is 12.2. The normalized spacial score (nSPS) is 15.0. The van der Waals surface area contributed by atoms with Gasteiger partial charge in [-0.2, -0.15) is 0 Å². The Balaban J connectivity index is 1.58. The van der Waals surface area contributed by atoms with Crippen LogP contribution in [0.4, 0.5) is 0 Å². The van der Waals surface area contributed by atoms with Crippen LogP contribution < -0.4 is 5.32 Å². The van der Waals surface area contributed by atoms with E-state index in [4.69, 9.17) is 0 Å². The lowest BCUT2D eigenvalue weighted by molar-refractivity contribution is -0.129. The first-order valence-corrected chi connectivity index (χ1v) is 8.86. The van der Waals surface area contributed by atoms with Crippen molar-refractivity contribution in [1.82, 2.24) is 10.2 Å². The highest BCUT2D eigenvalue weighted by Crippen LogP contribution is 2.23. The highest BCUT2D eigenvalue weighted by atomic mass is 16.2. The molecule has 1 aliphatic heterocycles. The number of carbonyl (C=O) groups excluding carboxylic acids is 2. The molecular formula is C21H24N2O2. The molecule has 0 spiro atoms. The fourth-order valence-electron chi connectivity index (χ4n) is 3.19. The predicted molar refractivity (Wildman–Crippen MR) is 98.5 cm³/mol. The van der Waals surface area contributed by atoms with Crippen molar-refractivity contribution in [1.29, 1.82) is 0 Å². The first kappa shape index (κ1) is 17.2. The third-order valence-corrected chi connectivity index (χ3v) is 4.83. The second-order valence-electron chi connectivity index (χ2n) is 6.52. The molecule has 4 heteroatoms. The van der Waals surface area contributed by atoms with Gasteiger partial charge in [-0.15, -0.1) is 0 Å². The third kappa shape index (κ3) is 4.27. The molecule has 0 saturated carbocycles. The molecule has 1 saturated heterocycles. The molecule has 0 bridgehead atoms. The summed E-state index contributed by atoms with van der Waals surface area (Å²) in [5.74, 6) is 0.0710. The Hall–Kier alpha value is -2.62. The van der Waals surface area contributed by atoms with Crippen molar-refractivity contribution in [2.75, 3.05) is 19.6 Å². The maximum atomic E-state index is 12.2. The standard InChI is InChI=1S/C21H24N2O2/c1-16(17-7-3-2-4-8-17)18-9-11-19(12-10-18)21(25)22-15-20(24)23-13-5-6-14-23/h2-4,7-12,16H,5-6,13-15H2,1H3,(H,22,25). The molecule has 2 amide bonds. The molecule has 0 radical (unpaired) electrons. The zero-order chi connectivity index (χ0) is 17.6. The largest absolute Gasteiger partial charge is 0.343 e. The van der Waals surface area contributed by atoms with E-state index in [0.717, 1.165) is 31.5 Å². The van der Waals surface area contributed by atoms with Gasteiger partial charge >= 0.3 is 0 Å². The summed E-state index contributed by atoms with van der Waals surface area (Å²) in [5.41, 5.74) is 2.99. The Labute approximate surface area is 148 Å². The zero-order valence-corrected chi connectivity index (χ0v) is 14.6. The number of rotatable bonds is 5. The van der Waals surface area contributed by atoms with Crippen molar-refractivity contribution in [3.05, 3.63) is 71.3 Å². The molecule has 1 aliphatic rings. The Bertz CT molecular complexity index is 719. The lowest BCUT2D eigenvalue weighted by Crippen LogP contribution is -2.38. The Morgan fingerprint density at radius 3 is 2.20 bits per heavy atom. The molecule has 4 nitrogen and oxygen atoms in total. The van der Waals surface area contributed by atoms with Crippen molar-refractivity contribution in [3.8, 4) is 0 Å². The summed E-state index contributed by atoms with van der Waals surface area (Å²) in [4.78, 5) is 26.0. The summed E-state index contributed by atoms with van der Waals surface area (Å²) in [5, 5.41) is 2.73. The predicted octanol–water partition coefficient (Wildman–Crippen LogP) is 3.19. The SMILES string of the molecule is CC(c1ccccc1)c1ccc(C(=O)NCC(=O)N2CCCC2)cc1. The summed E-state index contributed by atoms with van der Waals surface area (Å²) in [6.07, 6.45) is 2.11. The van der Waals surface area contributed by atoms with Gasteiger partial charge in [0, 0.05) is 24.6 Å². The number of nitrogens with one attached hydrogen (secondary N) is 1. The number of carbonyl (C=O) groups is 2. The van der Waals surface area contributed by atoms with E-state index in [1.54, 1.807) is 0 Å². The van der Waals surface area contributed by atoms with Gasteiger partial charge in [-0.25, -0.2) is 0 Å². The minimum Gasteiger partial charge on any atom is -0.343 e. The van der Waals surface area contributed by atoms with Crippen LogP contribution in [0, 0.1) is 0 Å². The highest BCUT2D eigenvalue weighted by Gasteiger charge is 2.18. The van der Waals surface area contributed by atoms with Crippen molar-refractivity contribution in [2.45, 2.75) is 25.7 Å². The molecule has 1 unspecified atom stereocenters. The van der Waals surface area contributed by atoms with E-state index in [1.807, 2.05) is 47.4 Å². The summed E-state index contributed by atoms with van der Waals surface area (Å²) in [6.45, 7) is 3.83. The van der Waals surface area contributed by atoms with Crippen LogP contribution in [0.5, 0.6) is 0 Å². The molecule has 3 rings (SSSR count). The molecule has 1 N–H and O–H groups in total. The van der Waals surface area contributed by atoms with E-state index in [1.165, 1.54) is 5.56 Å². The van der Waals surface area contributed by atoms with Crippen LogP contribution in [-0.2, 0) is 4.79 Å². The lowest BCUT2D eigenvalue weighted by Gasteiger charge is -2.16. The fraction of sp³-hybridized carbons (Fsp3) is 0.333. The first-order chi connectivity index (χ1) is 12.1. The van der Waals surface area contributed by atoms with Crippen molar-refractivity contribution < 1.29 is 9.59 Å². The van der Waals surface area contributed by atoms with Gasteiger partial charge in [-0.05, 0) is 36.1 Å². The van der Waals surface area contributed by atoms with E-state index < -0.39 is 0 Å². The average molecular weight is 336 g/mol. The van der Waals surface area contributed by atoms with Crippen molar-refractivity contribution >= 4 is 11.8 Å². The van der Waals surface area contributed by atoms with Gasteiger partial charge in [0.2, 0.25) is 5.91 Å². The number of benzene rings is 2. The molecular weight excluding hydrogens is 312 g/mol. The molecule has 1 atom stereocenters. The van der Waals surface area contributed by atoms with Crippen LogP contribution in [0.25, 0.3) is 0 Å². The van der Waals surface area contributed by atoms with Crippen LogP contribution in [0.15, 0.2) is 54.6 Å². The lowest BCUT2D eigenvalue weighted by atomic mass is 9.92. The fourth-order valence-corrected chi connectivity index (χ4v) is 3.19. The maximum Gasteiger partial charge on any atom is 0.251 e. The molecule has 0 aliphatic carbocycles. The third-order valence-electron chi connectivity index (χ3n) is 4.83. The topological polar surface area (TPSA) is 49.4 Å². The number of amides is 2. The minimum atomic E-state index is -0.202. The van der Waals surface area contributed by atoms with Gasteiger partial charge < -0.3 is 10.2 Å². The smallest absolute Gasteiger partial charge is 0.251 e. The Morgan fingerprint density at radius 1 is 0.960 bits per heavy atom. The van der Waals surface area contributed by atoms with Crippen LogP contribution in [0.3, 0.4) is 0 Å². The van der Waals surface area contributed by atoms with Crippen LogP contribution in [-0.4, -0.2) is 36.3 Å². The van der Waals surface area contributed by atoms with Crippen LogP contribution in [0.2, 0.25) is 0 Å². The number of likely N-dealkylation sites (tertiary alicyclic amines) is 1. The zero-order valence-electron chi connectivity index (χ0n) is 14.6. The van der Waals surface area contributed by atoms with Crippen LogP contribution in [0.1, 0.15) is 47.2 Å². The van der Waals surface area contributed by atoms with Gasteiger partial charge in [0.05, 0.1) is 6.54 Å². The van der Waals surface area contributed by atoms with Crippen molar-refractivity contribution in [3.63, 3.8) is 0 Å². The monoisotopic (exact) mass is 336 g/mol. The molecule has 1 heterocycles. The van der Waals surface area contributed by atoms with Gasteiger partial charge in [0.25, 0.3) is 5.91 Å². The molecule has 1 fully saturated rings. The summed E-state index contributed by atoms with van der Waals surface area (Å²) in [6, 6.07) is 17.9. The van der Waals surface area contributed by atoms with E-state index in [9.17, 15) is 9.59 Å². The molecule has 130 valence electrons. The van der Waals surface area contributed by atoms with Crippen LogP contribution >= 0.6 is 0 Å². The first-order valence-electron chi connectivity index (χ1n) is 8.86. The summed E-state index contributed by atoms with van der Waals surface area (Å²) >= 11 is 0. The highest BCUT2D eigenvalue weighted by molar-refractivity contribution is 5.96. The number of hydrogen-bond acceptors (Lipinski definition) is 2. The second kappa shape index (κ2) is 7.97. The molecule has 2 aromatic rings. The number of nitrogens with zero attached hydrogens (tertiary/aromatic N) is 1. The minimum absolute atomic E-state index is 0.000157. The quantitative estimate of drug-likeness (QED) is 0.911. The van der Waals surface area contributed by atoms with Crippen molar-refractivity contribution in [2.24, 2.45) is 0 Å². The summed E-state index contributed by atoms with van der Waals surface area (Å²) in [7, 11) is 0. The van der Waals surface area contributed by atoms with Gasteiger partial charge in [-0.3, -0.25) is 9.59 Å². The second-order valence-corrected chi connectivity index (χ2v) is 6.52. The molecule has 25 heavy (non-hydrogen) atoms. The average Bonchev–Trinajstić information content (AvgIpc) is 3.21. The van der Waals surface area contributed by atoms with E-state index in [0.29, 0.717) is 5.56 Å². The Kier molecular flexibility index (Phi) is 5.49. The summed E-state index contributed by atoms with van der Waals surface area (Å²) < 4.78 is 0. The van der Waals surface area contributed by atoms with Gasteiger partial charge in [0.1, 0.15) is 0 Å². The van der Waals surface area contributed by atoms with E-state index in [2.05, 4.69) is 24.4 Å².